The molecule has 2 heteroatoms. The highest BCUT2D eigenvalue weighted by atomic mass is 79.9. The topological polar surface area (TPSA) is 9.23 Å². The van der Waals surface area contributed by atoms with E-state index in [0.29, 0.717) is 6.61 Å². The van der Waals surface area contributed by atoms with Gasteiger partial charge in [0.1, 0.15) is 12.4 Å². The van der Waals surface area contributed by atoms with Crippen molar-refractivity contribution in [1.29, 1.82) is 0 Å². The van der Waals surface area contributed by atoms with E-state index in [1.807, 2.05) is 0 Å². The Balaban J connectivity index is 2.55. The lowest BCUT2D eigenvalue weighted by molar-refractivity contribution is 0.325. The number of hydrogen-bond donors (Lipinski definition) is 0. The minimum atomic E-state index is 0.194. The summed E-state index contributed by atoms with van der Waals surface area (Å²) < 4.78 is 6.62. The zero-order valence-electron chi connectivity index (χ0n) is 12.1. The van der Waals surface area contributed by atoms with Crippen LogP contribution < -0.4 is 4.74 Å². The van der Waals surface area contributed by atoms with Crippen LogP contribution in [0.5, 0.6) is 5.75 Å². The maximum absolute atomic E-state index is 5.63. The van der Waals surface area contributed by atoms with Crippen LogP contribution in [0.1, 0.15) is 51.7 Å². The molecule has 0 fully saturated rings. The molecule has 0 radical (unpaired) electrons. The van der Waals surface area contributed by atoms with Crippen molar-refractivity contribution >= 4 is 15.9 Å². The maximum Gasteiger partial charge on any atom is 0.148 e. The van der Waals surface area contributed by atoms with E-state index in [0.717, 1.165) is 10.2 Å². The number of hydrogen-bond acceptors (Lipinski definition) is 1. The molecule has 0 unspecified atom stereocenters. The minimum Gasteiger partial charge on any atom is -0.480 e. The molecule has 1 aromatic carbocycles. The van der Waals surface area contributed by atoms with E-state index >= 15 is 0 Å². The van der Waals surface area contributed by atoms with Crippen LogP contribution in [0.4, 0.5) is 0 Å². The summed E-state index contributed by atoms with van der Waals surface area (Å²) in [5.74, 6) is 3.37. The van der Waals surface area contributed by atoms with Crippen molar-refractivity contribution < 1.29 is 4.74 Å². The molecule has 0 N–H and O–H groups in total. The molecule has 1 aliphatic carbocycles. The molecule has 19 heavy (non-hydrogen) atoms. The molecular formula is C17H21BrO. The second kappa shape index (κ2) is 4.87. The average molecular weight is 321 g/mol. The molecule has 0 heterocycles. The van der Waals surface area contributed by atoms with Crippen molar-refractivity contribution in [1.82, 2.24) is 0 Å². The van der Waals surface area contributed by atoms with E-state index in [1.54, 1.807) is 0 Å². The first-order valence-electron chi connectivity index (χ1n) is 6.69. The van der Waals surface area contributed by atoms with Crippen molar-refractivity contribution in [2.45, 2.75) is 51.4 Å². The summed E-state index contributed by atoms with van der Waals surface area (Å²) in [5.41, 5.74) is 3.22. The lowest BCUT2D eigenvalue weighted by Gasteiger charge is -2.42. The standard InChI is InChI=1S/C17H21BrO/c1-6-9-19-15-11-13-12(10-14(15)18)16(2,3)7-8-17(13,4)5/h1,10-11H,7-9H2,2-5H3. The highest BCUT2D eigenvalue weighted by Crippen LogP contribution is 2.48. The lowest BCUT2D eigenvalue weighted by atomic mass is 9.63. The summed E-state index contributed by atoms with van der Waals surface area (Å²) in [6, 6.07) is 4.37. The first kappa shape index (κ1) is 14.5. The Morgan fingerprint density at radius 3 is 2.21 bits per heavy atom. The molecule has 1 aromatic rings. The van der Waals surface area contributed by atoms with Gasteiger partial charge in [-0.2, -0.15) is 0 Å². The summed E-state index contributed by atoms with van der Waals surface area (Å²) in [5, 5.41) is 0. The van der Waals surface area contributed by atoms with Gasteiger partial charge < -0.3 is 4.74 Å². The molecule has 0 bridgehead atoms. The van der Waals surface area contributed by atoms with Gasteiger partial charge >= 0.3 is 0 Å². The predicted octanol–water partition coefficient (Wildman–Crippen LogP) is 4.81. The molecule has 0 spiro atoms. The third-order valence-electron chi connectivity index (χ3n) is 4.22. The fourth-order valence-corrected chi connectivity index (χ4v) is 3.26. The fourth-order valence-electron chi connectivity index (χ4n) is 2.80. The fraction of sp³-hybridized carbons (Fsp3) is 0.529. The normalized spacial score (nSPS) is 19.4. The number of fused-ring (bicyclic) bond motifs is 1. The summed E-state index contributed by atoms with van der Waals surface area (Å²) in [7, 11) is 0. The van der Waals surface area contributed by atoms with Gasteiger partial charge in [0.05, 0.1) is 4.47 Å². The molecule has 0 amide bonds. The molecular weight excluding hydrogens is 300 g/mol. The van der Waals surface area contributed by atoms with Gasteiger partial charge in [-0.15, -0.1) is 6.42 Å². The molecule has 1 nitrogen and oxygen atoms in total. The van der Waals surface area contributed by atoms with Gasteiger partial charge in [0.25, 0.3) is 0 Å². The van der Waals surface area contributed by atoms with Crippen molar-refractivity contribution in [3.8, 4) is 18.1 Å². The van der Waals surface area contributed by atoms with Crippen LogP contribution in [0.25, 0.3) is 0 Å². The average Bonchev–Trinajstić information content (AvgIpc) is 2.33. The van der Waals surface area contributed by atoms with Gasteiger partial charge in [0.2, 0.25) is 0 Å². The number of rotatable bonds is 2. The third kappa shape index (κ3) is 2.67. The van der Waals surface area contributed by atoms with Gasteiger partial charge in [0.15, 0.2) is 0 Å². The zero-order valence-corrected chi connectivity index (χ0v) is 13.7. The number of terminal acetylenes is 1. The third-order valence-corrected chi connectivity index (χ3v) is 4.84. The van der Waals surface area contributed by atoms with Crippen molar-refractivity contribution in [2.75, 3.05) is 6.61 Å². The van der Waals surface area contributed by atoms with E-state index in [9.17, 15) is 0 Å². The quantitative estimate of drug-likeness (QED) is 0.710. The molecule has 0 atom stereocenters. The van der Waals surface area contributed by atoms with Crippen LogP contribution in [0.2, 0.25) is 0 Å². The Hall–Kier alpha value is -0.940. The monoisotopic (exact) mass is 320 g/mol. The molecule has 2 rings (SSSR count). The second-order valence-electron chi connectivity index (χ2n) is 6.59. The Morgan fingerprint density at radius 2 is 1.68 bits per heavy atom. The summed E-state index contributed by atoms with van der Waals surface area (Å²) in [4.78, 5) is 0. The summed E-state index contributed by atoms with van der Waals surface area (Å²) in [6.07, 6.45) is 7.68. The van der Waals surface area contributed by atoms with E-state index in [1.165, 1.54) is 24.0 Å². The van der Waals surface area contributed by atoms with Crippen LogP contribution in [0.15, 0.2) is 16.6 Å². The zero-order chi connectivity index (χ0) is 14.3. The Kier molecular flexibility index (Phi) is 3.71. The number of benzene rings is 1. The van der Waals surface area contributed by atoms with Crippen LogP contribution in [0, 0.1) is 12.3 Å². The van der Waals surface area contributed by atoms with Gasteiger partial charge in [0, 0.05) is 0 Å². The van der Waals surface area contributed by atoms with Gasteiger partial charge in [-0.25, -0.2) is 0 Å². The first-order chi connectivity index (χ1) is 8.78. The highest BCUT2D eigenvalue weighted by molar-refractivity contribution is 9.10. The van der Waals surface area contributed by atoms with Gasteiger partial charge in [-0.05, 0) is 62.9 Å². The molecule has 0 saturated carbocycles. The Bertz CT molecular complexity index is 535. The summed E-state index contributed by atoms with van der Waals surface area (Å²) >= 11 is 3.60. The molecule has 0 aliphatic heterocycles. The van der Waals surface area contributed by atoms with Gasteiger partial charge in [-0.1, -0.05) is 33.6 Å². The molecule has 1 aliphatic rings. The van der Waals surface area contributed by atoms with Gasteiger partial charge in [-0.3, -0.25) is 0 Å². The van der Waals surface area contributed by atoms with E-state index < -0.39 is 0 Å². The SMILES string of the molecule is C#CCOc1cc2c(cc1Br)C(C)(C)CCC2(C)C. The second-order valence-corrected chi connectivity index (χ2v) is 7.44. The van der Waals surface area contributed by atoms with E-state index in [4.69, 9.17) is 11.2 Å². The van der Waals surface area contributed by atoms with E-state index in [-0.39, 0.29) is 10.8 Å². The van der Waals surface area contributed by atoms with Crippen LogP contribution in [-0.2, 0) is 10.8 Å². The van der Waals surface area contributed by atoms with E-state index in [2.05, 4.69) is 61.7 Å². The number of halogens is 1. The Morgan fingerprint density at radius 1 is 1.16 bits per heavy atom. The molecule has 102 valence electrons. The smallest absolute Gasteiger partial charge is 0.148 e. The summed E-state index contributed by atoms with van der Waals surface area (Å²) in [6.45, 7) is 9.55. The highest BCUT2D eigenvalue weighted by Gasteiger charge is 2.37. The molecule has 0 aromatic heterocycles. The first-order valence-corrected chi connectivity index (χ1v) is 7.48. The predicted molar refractivity (Wildman–Crippen MR) is 83.8 cm³/mol. The van der Waals surface area contributed by atoms with Crippen LogP contribution >= 0.6 is 15.9 Å². The maximum atomic E-state index is 5.63. The largest absolute Gasteiger partial charge is 0.480 e. The lowest BCUT2D eigenvalue weighted by Crippen LogP contribution is -2.33. The van der Waals surface area contributed by atoms with Crippen LogP contribution in [-0.4, -0.2) is 6.61 Å². The molecule has 0 saturated heterocycles. The van der Waals surface area contributed by atoms with Crippen molar-refractivity contribution in [3.05, 3.63) is 27.7 Å². The minimum absolute atomic E-state index is 0.194. The number of ether oxygens (including phenoxy) is 1. The van der Waals surface area contributed by atoms with Crippen LogP contribution in [0.3, 0.4) is 0 Å². The van der Waals surface area contributed by atoms with Crippen molar-refractivity contribution in [2.24, 2.45) is 0 Å². The Labute approximate surface area is 124 Å². The van der Waals surface area contributed by atoms with Crippen molar-refractivity contribution in [3.63, 3.8) is 0 Å².